The van der Waals surface area contributed by atoms with Crippen LogP contribution in [0.4, 0.5) is 5.69 Å². The van der Waals surface area contributed by atoms with E-state index >= 15 is 0 Å². The van der Waals surface area contributed by atoms with Crippen molar-refractivity contribution in [2.24, 2.45) is 0 Å². The van der Waals surface area contributed by atoms with Gasteiger partial charge in [0.2, 0.25) is 0 Å². The highest BCUT2D eigenvalue weighted by molar-refractivity contribution is 7.91. The SMILES string of the molecule is CCS(=O)(=O)c1ccccc1NC(C)c1ccccc1Cl. The summed E-state index contributed by atoms with van der Waals surface area (Å²) in [4.78, 5) is 0.325. The number of para-hydroxylation sites is 1. The Morgan fingerprint density at radius 2 is 1.71 bits per heavy atom. The van der Waals surface area contributed by atoms with Crippen molar-refractivity contribution in [3.8, 4) is 0 Å². The molecule has 0 aromatic heterocycles. The van der Waals surface area contributed by atoms with Crippen LogP contribution in [0.3, 0.4) is 0 Å². The zero-order valence-electron chi connectivity index (χ0n) is 12.0. The van der Waals surface area contributed by atoms with Gasteiger partial charge >= 0.3 is 0 Å². The maximum absolute atomic E-state index is 12.1. The van der Waals surface area contributed by atoms with Gasteiger partial charge in [-0.25, -0.2) is 8.42 Å². The number of halogens is 1. The molecule has 0 radical (unpaired) electrons. The van der Waals surface area contributed by atoms with Gasteiger partial charge in [0.25, 0.3) is 0 Å². The Labute approximate surface area is 130 Å². The van der Waals surface area contributed by atoms with Crippen LogP contribution in [0.15, 0.2) is 53.4 Å². The molecule has 2 aromatic carbocycles. The van der Waals surface area contributed by atoms with Gasteiger partial charge in [0.15, 0.2) is 9.84 Å². The van der Waals surface area contributed by atoms with E-state index in [0.717, 1.165) is 5.56 Å². The van der Waals surface area contributed by atoms with Crippen molar-refractivity contribution in [3.63, 3.8) is 0 Å². The second-order valence-corrected chi connectivity index (χ2v) is 7.44. The summed E-state index contributed by atoms with van der Waals surface area (Å²) < 4.78 is 24.3. The predicted molar refractivity (Wildman–Crippen MR) is 87.7 cm³/mol. The van der Waals surface area contributed by atoms with Gasteiger partial charge in [-0.15, -0.1) is 0 Å². The second kappa shape index (κ2) is 6.50. The molecule has 5 heteroatoms. The maximum Gasteiger partial charge on any atom is 0.180 e. The molecule has 0 saturated carbocycles. The first kappa shape index (κ1) is 15.9. The Morgan fingerprint density at radius 1 is 1.10 bits per heavy atom. The number of nitrogens with one attached hydrogen (secondary N) is 1. The van der Waals surface area contributed by atoms with Gasteiger partial charge in [0.1, 0.15) is 0 Å². The van der Waals surface area contributed by atoms with Crippen LogP contribution in [-0.2, 0) is 9.84 Å². The highest BCUT2D eigenvalue weighted by Crippen LogP contribution is 2.29. The van der Waals surface area contributed by atoms with Crippen molar-refractivity contribution in [2.75, 3.05) is 11.1 Å². The van der Waals surface area contributed by atoms with Crippen molar-refractivity contribution >= 4 is 27.1 Å². The summed E-state index contributed by atoms with van der Waals surface area (Å²) in [6.07, 6.45) is 0. The van der Waals surface area contributed by atoms with E-state index in [1.54, 1.807) is 25.1 Å². The number of rotatable bonds is 5. The summed E-state index contributed by atoms with van der Waals surface area (Å²) in [6, 6.07) is 14.4. The van der Waals surface area contributed by atoms with Gasteiger partial charge < -0.3 is 5.32 Å². The van der Waals surface area contributed by atoms with E-state index in [2.05, 4.69) is 5.32 Å². The van der Waals surface area contributed by atoms with Gasteiger partial charge in [-0.1, -0.05) is 48.9 Å². The van der Waals surface area contributed by atoms with E-state index in [9.17, 15) is 8.42 Å². The van der Waals surface area contributed by atoms with Crippen LogP contribution in [-0.4, -0.2) is 14.2 Å². The number of sulfone groups is 1. The fourth-order valence-corrected chi connectivity index (χ4v) is 3.51. The fraction of sp³-hybridized carbons (Fsp3) is 0.250. The third kappa shape index (κ3) is 3.57. The molecule has 0 heterocycles. The van der Waals surface area contributed by atoms with E-state index < -0.39 is 9.84 Å². The molecule has 1 unspecified atom stereocenters. The van der Waals surface area contributed by atoms with E-state index in [-0.39, 0.29) is 11.8 Å². The molecule has 0 fully saturated rings. The first-order valence-corrected chi connectivity index (χ1v) is 8.81. The average molecular weight is 324 g/mol. The number of hydrogen-bond donors (Lipinski definition) is 1. The third-order valence-corrected chi connectivity index (χ3v) is 5.48. The highest BCUT2D eigenvalue weighted by Gasteiger charge is 2.18. The Kier molecular flexibility index (Phi) is 4.91. The minimum absolute atomic E-state index is 0.0756. The first-order valence-electron chi connectivity index (χ1n) is 6.78. The lowest BCUT2D eigenvalue weighted by atomic mass is 10.1. The largest absolute Gasteiger partial charge is 0.377 e. The summed E-state index contributed by atoms with van der Waals surface area (Å²) in [6.45, 7) is 3.60. The monoisotopic (exact) mass is 323 g/mol. The van der Waals surface area contributed by atoms with Gasteiger partial charge in [-0.2, -0.15) is 0 Å². The first-order chi connectivity index (χ1) is 9.95. The molecular weight excluding hydrogens is 306 g/mol. The minimum Gasteiger partial charge on any atom is -0.377 e. The van der Waals surface area contributed by atoms with Gasteiger partial charge in [-0.3, -0.25) is 0 Å². The number of hydrogen-bond acceptors (Lipinski definition) is 3. The van der Waals surface area contributed by atoms with Crippen molar-refractivity contribution in [2.45, 2.75) is 24.8 Å². The van der Waals surface area contributed by atoms with Crippen LogP contribution in [0.5, 0.6) is 0 Å². The molecule has 1 atom stereocenters. The van der Waals surface area contributed by atoms with E-state index in [0.29, 0.717) is 15.6 Å². The van der Waals surface area contributed by atoms with Crippen molar-refractivity contribution in [3.05, 3.63) is 59.1 Å². The molecule has 0 aliphatic carbocycles. The molecule has 112 valence electrons. The topological polar surface area (TPSA) is 46.2 Å². The average Bonchev–Trinajstić information content (AvgIpc) is 2.48. The molecule has 0 saturated heterocycles. The molecule has 0 spiro atoms. The molecule has 0 aliphatic heterocycles. The van der Waals surface area contributed by atoms with Crippen LogP contribution < -0.4 is 5.32 Å². The maximum atomic E-state index is 12.1. The standard InChI is InChI=1S/C16H18ClNO2S/c1-3-21(19,20)16-11-7-6-10-15(16)18-12(2)13-8-4-5-9-14(13)17/h4-12,18H,3H2,1-2H3. The third-order valence-electron chi connectivity index (χ3n) is 3.35. The van der Waals surface area contributed by atoms with Crippen LogP contribution >= 0.6 is 11.6 Å². The number of anilines is 1. The molecular formula is C16H18ClNO2S. The predicted octanol–water partition coefficient (Wildman–Crippen LogP) is 4.31. The Morgan fingerprint density at radius 3 is 2.38 bits per heavy atom. The van der Waals surface area contributed by atoms with Crippen LogP contribution in [0, 0.1) is 0 Å². The lowest BCUT2D eigenvalue weighted by Crippen LogP contribution is -2.12. The molecule has 0 aliphatic rings. The van der Waals surface area contributed by atoms with Crippen LogP contribution in [0.2, 0.25) is 5.02 Å². The smallest absolute Gasteiger partial charge is 0.180 e. The van der Waals surface area contributed by atoms with Gasteiger partial charge in [-0.05, 0) is 30.7 Å². The molecule has 0 amide bonds. The quantitative estimate of drug-likeness (QED) is 0.892. The van der Waals surface area contributed by atoms with Gasteiger partial charge in [0, 0.05) is 5.02 Å². The summed E-state index contributed by atoms with van der Waals surface area (Å²) in [5.74, 6) is 0.0756. The molecule has 0 bridgehead atoms. The Hall–Kier alpha value is -1.52. The van der Waals surface area contributed by atoms with E-state index in [1.807, 2.05) is 37.3 Å². The zero-order valence-corrected chi connectivity index (χ0v) is 13.6. The molecule has 2 rings (SSSR count). The summed E-state index contributed by atoms with van der Waals surface area (Å²) in [5, 5.41) is 3.90. The van der Waals surface area contributed by atoms with Crippen molar-refractivity contribution in [1.29, 1.82) is 0 Å². The normalized spacial score (nSPS) is 12.9. The van der Waals surface area contributed by atoms with Crippen LogP contribution in [0.25, 0.3) is 0 Å². The number of benzene rings is 2. The lowest BCUT2D eigenvalue weighted by Gasteiger charge is -2.19. The summed E-state index contributed by atoms with van der Waals surface area (Å²) in [7, 11) is -3.26. The van der Waals surface area contributed by atoms with Gasteiger partial charge in [0.05, 0.1) is 22.4 Å². The second-order valence-electron chi connectivity index (χ2n) is 4.79. The Bertz CT molecular complexity index is 729. The summed E-state index contributed by atoms with van der Waals surface area (Å²) in [5.41, 5.74) is 1.54. The zero-order chi connectivity index (χ0) is 15.5. The fourth-order valence-electron chi connectivity index (χ4n) is 2.15. The van der Waals surface area contributed by atoms with E-state index in [4.69, 9.17) is 11.6 Å². The molecule has 1 N–H and O–H groups in total. The summed E-state index contributed by atoms with van der Waals surface area (Å²) >= 11 is 6.18. The lowest BCUT2D eigenvalue weighted by molar-refractivity contribution is 0.597. The minimum atomic E-state index is -3.26. The molecule has 2 aromatic rings. The van der Waals surface area contributed by atoms with E-state index in [1.165, 1.54) is 0 Å². The van der Waals surface area contributed by atoms with Crippen LogP contribution in [0.1, 0.15) is 25.5 Å². The van der Waals surface area contributed by atoms with Crippen molar-refractivity contribution in [1.82, 2.24) is 0 Å². The van der Waals surface area contributed by atoms with Crippen molar-refractivity contribution < 1.29 is 8.42 Å². The highest BCUT2D eigenvalue weighted by atomic mass is 35.5. The molecule has 21 heavy (non-hydrogen) atoms. The molecule has 3 nitrogen and oxygen atoms in total. The Balaban J connectivity index is 2.35.